The van der Waals surface area contributed by atoms with Gasteiger partial charge in [-0.25, -0.2) is 4.98 Å². The molecule has 1 saturated heterocycles. The number of aromatic nitrogens is 3. The Morgan fingerprint density at radius 3 is 2.47 bits per heavy atom. The van der Waals surface area contributed by atoms with Crippen molar-refractivity contribution < 1.29 is 22.6 Å². The van der Waals surface area contributed by atoms with Gasteiger partial charge in [-0.2, -0.15) is 13.2 Å². The van der Waals surface area contributed by atoms with Gasteiger partial charge in [0.05, 0.1) is 0 Å². The van der Waals surface area contributed by atoms with Gasteiger partial charge in [0.1, 0.15) is 5.60 Å². The number of halogens is 3. The SMILES string of the molecule is COC1(c2nc(C(F)(F)F)n[nH]2)CCOCC1. The number of nitrogens with zero attached hydrogens (tertiary/aromatic N) is 2. The number of nitrogens with one attached hydrogen (secondary N) is 1. The molecule has 0 spiro atoms. The highest BCUT2D eigenvalue weighted by Gasteiger charge is 2.42. The highest BCUT2D eigenvalue weighted by molar-refractivity contribution is 5.06. The molecule has 2 heterocycles. The Labute approximate surface area is 95.3 Å². The van der Waals surface area contributed by atoms with E-state index >= 15 is 0 Å². The minimum Gasteiger partial charge on any atom is -0.381 e. The molecule has 1 aromatic rings. The van der Waals surface area contributed by atoms with Crippen LogP contribution in [0.1, 0.15) is 24.5 Å². The van der Waals surface area contributed by atoms with Crippen molar-refractivity contribution in [3.8, 4) is 0 Å². The van der Waals surface area contributed by atoms with Crippen LogP contribution in [0.2, 0.25) is 0 Å². The third kappa shape index (κ3) is 2.27. The molecular weight excluding hydrogens is 239 g/mol. The predicted molar refractivity (Wildman–Crippen MR) is 50.1 cm³/mol. The lowest BCUT2D eigenvalue weighted by Crippen LogP contribution is -2.36. The van der Waals surface area contributed by atoms with Crippen molar-refractivity contribution in [1.82, 2.24) is 15.2 Å². The van der Waals surface area contributed by atoms with E-state index < -0.39 is 17.6 Å². The van der Waals surface area contributed by atoms with Crippen LogP contribution in [-0.4, -0.2) is 35.5 Å². The Morgan fingerprint density at radius 2 is 2.00 bits per heavy atom. The molecule has 96 valence electrons. The quantitative estimate of drug-likeness (QED) is 0.864. The molecule has 1 aromatic heterocycles. The van der Waals surface area contributed by atoms with E-state index in [0.717, 1.165) is 0 Å². The lowest BCUT2D eigenvalue weighted by Gasteiger charge is -2.33. The van der Waals surface area contributed by atoms with Gasteiger partial charge in [0.25, 0.3) is 5.82 Å². The zero-order chi connectivity index (χ0) is 12.5. The first kappa shape index (κ1) is 12.3. The minimum atomic E-state index is -4.55. The molecule has 8 heteroatoms. The summed E-state index contributed by atoms with van der Waals surface area (Å²) in [5.74, 6) is -1.06. The van der Waals surface area contributed by atoms with Crippen molar-refractivity contribution >= 4 is 0 Å². The first-order valence-electron chi connectivity index (χ1n) is 5.11. The summed E-state index contributed by atoms with van der Waals surface area (Å²) in [5.41, 5.74) is -0.852. The second kappa shape index (κ2) is 4.26. The van der Waals surface area contributed by atoms with Crippen LogP contribution in [0.5, 0.6) is 0 Å². The molecule has 5 nitrogen and oxygen atoms in total. The Bertz CT molecular complexity index is 385. The second-order valence-corrected chi connectivity index (χ2v) is 3.82. The largest absolute Gasteiger partial charge is 0.453 e. The average Bonchev–Trinajstić information content (AvgIpc) is 2.79. The van der Waals surface area contributed by atoms with Crippen molar-refractivity contribution in [3.05, 3.63) is 11.6 Å². The van der Waals surface area contributed by atoms with E-state index in [2.05, 4.69) is 15.2 Å². The molecule has 0 saturated carbocycles. The average molecular weight is 251 g/mol. The van der Waals surface area contributed by atoms with E-state index in [4.69, 9.17) is 9.47 Å². The summed E-state index contributed by atoms with van der Waals surface area (Å²) in [5, 5.41) is 5.49. The zero-order valence-corrected chi connectivity index (χ0v) is 9.17. The van der Waals surface area contributed by atoms with E-state index in [1.54, 1.807) is 0 Å². The highest BCUT2D eigenvalue weighted by atomic mass is 19.4. The monoisotopic (exact) mass is 251 g/mol. The van der Waals surface area contributed by atoms with Crippen molar-refractivity contribution in [2.75, 3.05) is 20.3 Å². The normalized spacial score (nSPS) is 20.5. The van der Waals surface area contributed by atoms with Crippen LogP contribution in [0.3, 0.4) is 0 Å². The number of methoxy groups -OCH3 is 1. The fourth-order valence-corrected chi connectivity index (χ4v) is 1.83. The van der Waals surface area contributed by atoms with Gasteiger partial charge >= 0.3 is 6.18 Å². The van der Waals surface area contributed by atoms with Gasteiger partial charge in [-0.3, -0.25) is 5.10 Å². The smallest absolute Gasteiger partial charge is 0.381 e. The van der Waals surface area contributed by atoms with Crippen molar-refractivity contribution in [2.24, 2.45) is 0 Å². The third-order valence-corrected chi connectivity index (χ3v) is 2.86. The summed E-state index contributed by atoms with van der Waals surface area (Å²) in [6.07, 6.45) is -3.64. The fourth-order valence-electron chi connectivity index (χ4n) is 1.83. The van der Waals surface area contributed by atoms with Crippen LogP contribution in [0.25, 0.3) is 0 Å². The molecule has 0 radical (unpaired) electrons. The van der Waals surface area contributed by atoms with Crippen LogP contribution < -0.4 is 0 Å². The first-order valence-corrected chi connectivity index (χ1v) is 5.11. The van der Waals surface area contributed by atoms with Gasteiger partial charge in [0.2, 0.25) is 0 Å². The third-order valence-electron chi connectivity index (χ3n) is 2.86. The summed E-state index contributed by atoms with van der Waals surface area (Å²) in [4.78, 5) is 3.48. The predicted octanol–water partition coefficient (Wildman–Crippen LogP) is 1.48. The topological polar surface area (TPSA) is 60.0 Å². The van der Waals surface area contributed by atoms with Gasteiger partial charge in [-0.1, -0.05) is 0 Å². The van der Waals surface area contributed by atoms with Gasteiger partial charge in [0.15, 0.2) is 5.82 Å². The van der Waals surface area contributed by atoms with Crippen LogP contribution in [0.4, 0.5) is 13.2 Å². The molecular formula is C9H12F3N3O2. The van der Waals surface area contributed by atoms with Crippen LogP contribution in [0.15, 0.2) is 0 Å². The molecule has 0 amide bonds. The number of alkyl halides is 3. The Kier molecular flexibility index (Phi) is 3.09. The van der Waals surface area contributed by atoms with E-state index in [0.29, 0.717) is 26.1 Å². The molecule has 0 aromatic carbocycles. The van der Waals surface area contributed by atoms with E-state index in [1.165, 1.54) is 7.11 Å². The maximum atomic E-state index is 12.4. The molecule has 0 bridgehead atoms. The molecule has 1 aliphatic heterocycles. The summed E-state index contributed by atoms with van der Waals surface area (Å²) >= 11 is 0. The van der Waals surface area contributed by atoms with Crippen LogP contribution in [0, 0.1) is 0 Å². The van der Waals surface area contributed by atoms with Gasteiger partial charge in [0, 0.05) is 33.2 Å². The Balaban J connectivity index is 2.28. The van der Waals surface area contributed by atoms with Crippen LogP contribution >= 0.6 is 0 Å². The second-order valence-electron chi connectivity index (χ2n) is 3.82. The van der Waals surface area contributed by atoms with E-state index in [-0.39, 0.29) is 5.82 Å². The fraction of sp³-hybridized carbons (Fsp3) is 0.778. The minimum absolute atomic E-state index is 0.107. The van der Waals surface area contributed by atoms with E-state index in [9.17, 15) is 13.2 Å². The summed E-state index contributed by atoms with van der Waals surface area (Å²) in [7, 11) is 1.45. The summed E-state index contributed by atoms with van der Waals surface area (Å²) in [6, 6.07) is 0. The molecule has 2 rings (SSSR count). The lowest BCUT2D eigenvalue weighted by atomic mass is 9.93. The number of H-pyrrole nitrogens is 1. The van der Waals surface area contributed by atoms with E-state index in [1.807, 2.05) is 0 Å². The molecule has 1 aliphatic rings. The molecule has 17 heavy (non-hydrogen) atoms. The van der Waals surface area contributed by atoms with Gasteiger partial charge in [-0.15, -0.1) is 5.10 Å². The van der Waals surface area contributed by atoms with Crippen molar-refractivity contribution in [3.63, 3.8) is 0 Å². The summed E-state index contributed by atoms with van der Waals surface area (Å²) in [6.45, 7) is 0.853. The number of hydrogen-bond donors (Lipinski definition) is 1. The number of rotatable bonds is 2. The molecule has 1 N–H and O–H groups in total. The standard InChI is InChI=1S/C9H12F3N3O2/c1-16-8(2-4-17-5-3-8)6-13-7(15-14-6)9(10,11)12/h2-5H2,1H3,(H,13,14,15). The molecule has 0 atom stereocenters. The maximum Gasteiger partial charge on any atom is 0.453 e. The van der Waals surface area contributed by atoms with Crippen molar-refractivity contribution in [2.45, 2.75) is 24.6 Å². The maximum absolute atomic E-state index is 12.4. The lowest BCUT2D eigenvalue weighted by molar-refractivity contribution is -0.145. The molecule has 1 fully saturated rings. The number of ether oxygens (including phenoxy) is 2. The summed E-state index contributed by atoms with van der Waals surface area (Å²) < 4.78 is 47.6. The van der Waals surface area contributed by atoms with Crippen molar-refractivity contribution in [1.29, 1.82) is 0 Å². The first-order chi connectivity index (χ1) is 7.98. The molecule has 0 aliphatic carbocycles. The number of hydrogen-bond acceptors (Lipinski definition) is 4. The van der Waals surface area contributed by atoms with Gasteiger partial charge in [-0.05, 0) is 0 Å². The Hall–Kier alpha value is -1.15. The Morgan fingerprint density at radius 1 is 1.35 bits per heavy atom. The zero-order valence-electron chi connectivity index (χ0n) is 9.17. The number of aromatic amines is 1. The highest BCUT2D eigenvalue weighted by Crippen LogP contribution is 2.35. The van der Waals surface area contributed by atoms with Gasteiger partial charge < -0.3 is 9.47 Å². The molecule has 0 unspecified atom stereocenters. The van der Waals surface area contributed by atoms with Crippen LogP contribution in [-0.2, 0) is 21.3 Å².